The van der Waals surface area contributed by atoms with Crippen LogP contribution in [0.1, 0.15) is 10.4 Å². The number of hydrogen-bond acceptors (Lipinski definition) is 1. The van der Waals surface area contributed by atoms with Gasteiger partial charge in [-0.2, -0.15) is 0 Å². The van der Waals surface area contributed by atoms with Gasteiger partial charge in [0.25, 0.3) is 0 Å². The van der Waals surface area contributed by atoms with Crippen molar-refractivity contribution >= 4 is 16.9 Å². The Bertz CT molecular complexity index is 471. The Kier molecular flexibility index (Phi) is 1.59. The summed E-state index contributed by atoms with van der Waals surface area (Å²) in [6.07, 6.45) is 1.73. The fraction of sp³-hybridized carbons (Fsp3) is 0.100. The van der Waals surface area contributed by atoms with Gasteiger partial charge in [-0.05, 0) is 6.07 Å². The van der Waals surface area contributed by atoms with Gasteiger partial charge >= 0.3 is 5.97 Å². The molecule has 0 amide bonds. The molecule has 2 rings (SSSR count). The first-order chi connectivity index (χ1) is 6.20. The van der Waals surface area contributed by atoms with E-state index in [9.17, 15) is 4.79 Å². The van der Waals surface area contributed by atoms with Crippen LogP contribution in [0, 0.1) is 6.07 Å². The highest BCUT2D eigenvalue weighted by Crippen LogP contribution is 2.18. The van der Waals surface area contributed by atoms with Crippen molar-refractivity contribution in [1.82, 2.24) is 4.57 Å². The Morgan fingerprint density at radius 2 is 2.31 bits per heavy atom. The molecule has 1 aromatic carbocycles. The van der Waals surface area contributed by atoms with E-state index in [2.05, 4.69) is 6.07 Å². The van der Waals surface area contributed by atoms with Crippen molar-refractivity contribution in [2.24, 2.45) is 7.05 Å². The number of para-hydroxylation sites is 1. The number of aromatic carboxylic acids is 1. The summed E-state index contributed by atoms with van der Waals surface area (Å²) in [4.78, 5) is 10.8. The number of aromatic nitrogens is 1. The predicted molar refractivity (Wildman–Crippen MR) is 48.7 cm³/mol. The summed E-state index contributed by atoms with van der Waals surface area (Å²) >= 11 is 0. The molecule has 2 aromatic rings. The molecule has 0 aliphatic rings. The van der Waals surface area contributed by atoms with E-state index in [-0.39, 0.29) is 0 Å². The van der Waals surface area contributed by atoms with E-state index in [0.29, 0.717) is 5.56 Å². The van der Waals surface area contributed by atoms with E-state index >= 15 is 0 Å². The lowest BCUT2D eigenvalue weighted by Crippen LogP contribution is -1.99. The predicted octanol–water partition coefficient (Wildman–Crippen LogP) is 1.68. The van der Waals surface area contributed by atoms with Crippen molar-refractivity contribution in [2.45, 2.75) is 0 Å². The molecule has 0 fully saturated rings. The quantitative estimate of drug-likeness (QED) is 0.714. The molecular weight excluding hydrogens is 166 g/mol. The largest absolute Gasteiger partial charge is 0.478 e. The van der Waals surface area contributed by atoms with Gasteiger partial charge in [-0.15, -0.1) is 0 Å². The molecule has 3 nitrogen and oxygen atoms in total. The average Bonchev–Trinajstić information content (AvgIpc) is 2.48. The maximum atomic E-state index is 10.8. The van der Waals surface area contributed by atoms with Crippen LogP contribution in [-0.4, -0.2) is 15.6 Å². The second kappa shape index (κ2) is 2.62. The van der Waals surface area contributed by atoms with Gasteiger partial charge in [-0.3, -0.25) is 0 Å². The van der Waals surface area contributed by atoms with Crippen molar-refractivity contribution < 1.29 is 9.90 Å². The van der Waals surface area contributed by atoms with Gasteiger partial charge < -0.3 is 9.67 Å². The van der Waals surface area contributed by atoms with Crippen LogP contribution in [0.25, 0.3) is 10.9 Å². The summed E-state index contributed by atoms with van der Waals surface area (Å²) in [5, 5.41) is 9.73. The zero-order valence-electron chi connectivity index (χ0n) is 7.11. The summed E-state index contributed by atoms with van der Waals surface area (Å²) in [6.45, 7) is 0. The summed E-state index contributed by atoms with van der Waals surface area (Å²) in [5.41, 5.74) is 1.04. The van der Waals surface area contributed by atoms with Crippen LogP contribution in [-0.2, 0) is 7.05 Å². The Labute approximate surface area is 75.2 Å². The van der Waals surface area contributed by atoms with Crippen LogP contribution in [0.15, 0.2) is 24.4 Å². The van der Waals surface area contributed by atoms with Crippen molar-refractivity contribution in [3.05, 3.63) is 36.0 Å². The molecule has 3 heteroatoms. The van der Waals surface area contributed by atoms with Gasteiger partial charge in [-0.1, -0.05) is 12.1 Å². The highest BCUT2D eigenvalue weighted by Gasteiger charge is 2.09. The number of aryl methyl sites for hydroxylation is 1. The monoisotopic (exact) mass is 174 g/mol. The van der Waals surface area contributed by atoms with Gasteiger partial charge in [0.15, 0.2) is 0 Å². The van der Waals surface area contributed by atoms with E-state index < -0.39 is 5.97 Å². The average molecular weight is 174 g/mol. The molecule has 0 aliphatic heterocycles. The Hall–Kier alpha value is -1.77. The van der Waals surface area contributed by atoms with Crippen molar-refractivity contribution in [1.29, 1.82) is 0 Å². The topological polar surface area (TPSA) is 42.2 Å². The molecule has 1 heterocycles. The van der Waals surface area contributed by atoms with E-state index in [0.717, 1.165) is 10.9 Å². The zero-order valence-corrected chi connectivity index (χ0v) is 7.11. The number of nitrogens with zero attached hydrogens (tertiary/aromatic N) is 1. The van der Waals surface area contributed by atoms with Crippen LogP contribution < -0.4 is 0 Å². The van der Waals surface area contributed by atoms with Crippen LogP contribution >= 0.6 is 0 Å². The minimum atomic E-state index is -0.902. The van der Waals surface area contributed by atoms with Crippen molar-refractivity contribution in [3.63, 3.8) is 0 Å². The molecule has 65 valence electrons. The fourth-order valence-electron chi connectivity index (χ4n) is 1.44. The molecule has 1 radical (unpaired) electrons. The minimum absolute atomic E-state index is 0.321. The Balaban J connectivity index is 2.88. The highest BCUT2D eigenvalue weighted by molar-refractivity contribution is 6.02. The lowest BCUT2D eigenvalue weighted by molar-refractivity contribution is 0.0698. The van der Waals surface area contributed by atoms with Crippen LogP contribution in [0.3, 0.4) is 0 Å². The number of fused-ring (bicyclic) bond motifs is 1. The van der Waals surface area contributed by atoms with Crippen molar-refractivity contribution in [3.8, 4) is 0 Å². The second-order valence-corrected chi connectivity index (χ2v) is 2.89. The molecular formula is C10H8NO2. The highest BCUT2D eigenvalue weighted by atomic mass is 16.4. The first-order valence-corrected chi connectivity index (χ1v) is 3.89. The molecule has 1 aromatic heterocycles. The maximum absolute atomic E-state index is 10.8. The maximum Gasteiger partial charge on any atom is 0.337 e. The number of carboxylic acid groups (broad SMARTS) is 1. The molecule has 0 unspecified atom stereocenters. The smallest absolute Gasteiger partial charge is 0.337 e. The number of hydrogen-bond donors (Lipinski definition) is 1. The second-order valence-electron chi connectivity index (χ2n) is 2.89. The fourth-order valence-corrected chi connectivity index (χ4v) is 1.44. The van der Waals surface area contributed by atoms with E-state index in [1.165, 1.54) is 0 Å². The summed E-state index contributed by atoms with van der Waals surface area (Å²) in [6, 6.07) is 8.15. The first-order valence-electron chi connectivity index (χ1n) is 3.89. The summed E-state index contributed by atoms with van der Waals surface area (Å²) < 4.78 is 1.76. The van der Waals surface area contributed by atoms with Gasteiger partial charge in [0.2, 0.25) is 0 Å². The lowest BCUT2D eigenvalue weighted by Gasteiger charge is -2.00. The van der Waals surface area contributed by atoms with Crippen LogP contribution in [0.5, 0.6) is 0 Å². The normalized spacial score (nSPS) is 10.5. The molecule has 0 atom stereocenters. The SMILES string of the molecule is Cn1c[c]c2cccc(C(=O)O)c21. The molecule has 0 bridgehead atoms. The minimum Gasteiger partial charge on any atom is -0.478 e. The van der Waals surface area contributed by atoms with Crippen LogP contribution in [0.4, 0.5) is 0 Å². The first kappa shape index (κ1) is 7.86. The van der Waals surface area contributed by atoms with Crippen LogP contribution in [0.2, 0.25) is 0 Å². The van der Waals surface area contributed by atoms with E-state index in [4.69, 9.17) is 5.11 Å². The lowest BCUT2D eigenvalue weighted by atomic mass is 10.1. The third kappa shape index (κ3) is 1.09. The van der Waals surface area contributed by atoms with Gasteiger partial charge in [0.05, 0.1) is 11.1 Å². The van der Waals surface area contributed by atoms with Gasteiger partial charge in [-0.25, -0.2) is 4.79 Å². The number of benzene rings is 1. The third-order valence-corrected chi connectivity index (χ3v) is 2.03. The third-order valence-electron chi connectivity index (χ3n) is 2.03. The van der Waals surface area contributed by atoms with Gasteiger partial charge in [0, 0.05) is 24.7 Å². The zero-order chi connectivity index (χ0) is 9.42. The number of carboxylic acids is 1. The molecule has 0 spiro atoms. The molecule has 0 saturated heterocycles. The standard InChI is InChI=1S/C10H8NO2/c1-11-6-5-7-3-2-4-8(9(7)11)10(12)13/h2-4,6H,1H3,(H,12,13). The Morgan fingerprint density at radius 3 is 3.00 bits per heavy atom. The summed E-state index contributed by atoms with van der Waals surface area (Å²) in [5.74, 6) is -0.902. The molecule has 0 aliphatic carbocycles. The van der Waals surface area contributed by atoms with E-state index in [1.54, 1.807) is 22.9 Å². The number of rotatable bonds is 1. The van der Waals surface area contributed by atoms with Gasteiger partial charge in [0.1, 0.15) is 0 Å². The number of carbonyl (C=O) groups is 1. The summed E-state index contributed by atoms with van der Waals surface area (Å²) in [7, 11) is 1.81. The van der Waals surface area contributed by atoms with E-state index in [1.807, 2.05) is 13.1 Å². The Morgan fingerprint density at radius 1 is 1.54 bits per heavy atom. The molecule has 13 heavy (non-hydrogen) atoms. The van der Waals surface area contributed by atoms with Crippen molar-refractivity contribution in [2.75, 3.05) is 0 Å². The molecule has 1 N–H and O–H groups in total. The molecule has 0 saturated carbocycles.